The maximum absolute atomic E-state index is 5.80. The summed E-state index contributed by atoms with van der Waals surface area (Å²) >= 11 is 0. The van der Waals surface area contributed by atoms with Crippen LogP contribution in [0.1, 0.15) is 62.9 Å². The Labute approximate surface area is 139 Å². The molecule has 1 atom stereocenters. The molecule has 1 aromatic carbocycles. The standard InChI is InChI=1S/C19H29N3O/c1-8-22-12-15(20-21-22)11-14(3)16-9-13(2)10-17(18(16)23-7)19(4,5)6/h9-10,12,14H,8,11H2,1-7H3. The molecule has 0 aliphatic rings. The van der Waals surface area contributed by atoms with Crippen molar-refractivity contribution in [1.29, 1.82) is 0 Å². The van der Waals surface area contributed by atoms with Gasteiger partial charge in [0.25, 0.3) is 0 Å². The van der Waals surface area contributed by atoms with Crippen LogP contribution in [0.25, 0.3) is 0 Å². The molecule has 0 N–H and O–H groups in total. The molecule has 0 aliphatic carbocycles. The Morgan fingerprint density at radius 3 is 2.48 bits per heavy atom. The number of methoxy groups -OCH3 is 1. The number of hydrogen-bond acceptors (Lipinski definition) is 3. The number of nitrogens with zero attached hydrogens (tertiary/aromatic N) is 3. The highest BCUT2D eigenvalue weighted by atomic mass is 16.5. The molecule has 0 aliphatic heterocycles. The number of aromatic nitrogens is 3. The average Bonchev–Trinajstić information content (AvgIpc) is 2.93. The van der Waals surface area contributed by atoms with Crippen LogP contribution < -0.4 is 4.74 Å². The second-order valence-electron chi connectivity index (χ2n) is 7.36. The number of benzene rings is 1. The van der Waals surface area contributed by atoms with Gasteiger partial charge in [-0.1, -0.05) is 50.6 Å². The predicted molar refractivity (Wildman–Crippen MR) is 94.2 cm³/mol. The summed E-state index contributed by atoms with van der Waals surface area (Å²) in [7, 11) is 1.77. The minimum atomic E-state index is 0.0528. The van der Waals surface area contributed by atoms with Gasteiger partial charge >= 0.3 is 0 Å². The molecule has 4 heteroatoms. The van der Waals surface area contributed by atoms with Gasteiger partial charge in [0.1, 0.15) is 5.75 Å². The molecule has 0 radical (unpaired) electrons. The fraction of sp³-hybridized carbons (Fsp3) is 0.579. The van der Waals surface area contributed by atoms with Crippen molar-refractivity contribution in [2.75, 3.05) is 7.11 Å². The predicted octanol–water partition coefficient (Wildman–Crippen LogP) is 4.26. The number of hydrogen-bond donors (Lipinski definition) is 0. The van der Waals surface area contributed by atoms with Crippen LogP contribution in [0, 0.1) is 6.92 Å². The van der Waals surface area contributed by atoms with Gasteiger partial charge < -0.3 is 4.74 Å². The molecule has 0 bridgehead atoms. The largest absolute Gasteiger partial charge is 0.496 e. The van der Waals surface area contributed by atoms with Crippen LogP contribution in [0.15, 0.2) is 18.3 Å². The summed E-state index contributed by atoms with van der Waals surface area (Å²) in [5.74, 6) is 1.34. The monoisotopic (exact) mass is 315 g/mol. The lowest BCUT2D eigenvalue weighted by Crippen LogP contribution is -2.15. The molecule has 2 rings (SSSR count). The van der Waals surface area contributed by atoms with Crippen LogP contribution in [0.3, 0.4) is 0 Å². The first kappa shape index (κ1) is 17.5. The van der Waals surface area contributed by atoms with Crippen LogP contribution in [0.2, 0.25) is 0 Å². The number of aryl methyl sites for hydroxylation is 2. The van der Waals surface area contributed by atoms with Crippen molar-refractivity contribution in [2.45, 2.75) is 65.8 Å². The van der Waals surface area contributed by atoms with E-state index in [1.54, 1.807) is 7.11 Å². The Balaban J connectivity index is 2.39. The van der Waals surface area contributed by atoms with Gasteiger partial charge in [-0.25, -0.2) is 0 Å². The van der Waals surface area contributed by atoms with Gasteiger partial charge in [0, 0.05) is 18.3 Å². The second kappa shape index (κ2) is 6.73. The molecule has 23 heavy (non-hydrogen) atoms. The first-order valence-electron chi connectivity index (χ1n) is 8.34. The van der Waals surface area contributed by atoms with E-state index in [4.69, 9.17) is 4.74 Å². The van der Waals surface area contributed by atoms with Gasteiger partial charge in [-0.2, -0.15) is 0 Å². The number of rotatable bonds is 5. The van der Waals surface area contributed by atoms with E-state index in [1.807, 2.05) is 10.9 Å². The third kappa shape index (κ3) is 3.92. The Hall–Kier alpha value is -1.84. The molecule has 2 aromatic rings. The highest BCUT2D eigenvalue weighted by Crippen LogP contribution is 2.39. The zero-order valence-corrected chi connectivity index (χ0v) is 15.5. The molecule has 0 saturated carbocycles. The van der Waals surface area contributed by atoms with Crippen molar-refractivity contribution < 1.29 is 4.74 Å². The Morgan fingerprint density at radius 2 is 1.96 bits per heavy atom. The second-order valence-corrected chi connectivity index (χ2v) is 7.36. The van der Waals surface area contributed by atoms with Crippen LogP contribution in [0.4, 0.5) is 0 Å². The molecule has 0 fully saturated rings. The molecule has 0 amide bonds. The average molecular weight is 315 g/mol. The van der Waals surface area contributed by atoms with E-state index in [1.165, 1.54) is 16.7 Å². The minimum Gasteiger partial charge on any atom is -0.496 e. The summed E-state index contributed by atoms with van der Waals surface area (Å²) < 4.78 is 7.67. The summed E-state index contributed by atoms with van der Waals surface area (Å²) in [6.45, 7) is 14.0. The van der Waals surface area contributed by atoms with Gasteiger partial charge in [0.15, 0.2) is 0 Å². The molecule has 0 spiro atoms. The van der Waals surface area contributed by atoms with Gasteiger partial charge in [0.2, 0.25) is 0 Å². The highest BCUT2D eigenvalue weighted by molar-refractivity contribution is 5.49. The zero-order chi connectivity index (χ0) is 17.2. The van der Waals surface area contributed by atoms with E-state index in [0.717, 1.165) is 24.4 Å². The highest BCUT2D eigenvalue weighted by Gasteiger charge is 2.24. The van der Waals surface area contributed by atoms with Crippen molar-refractivity contribution in [3.63, 3.8) is 0 Å². The molecule has 1 unspecified atom stereocenters. The molecular weight excluding hydrogens is 286 g/mol. The fourth-order valence-electron chi connectivity index (χ4n) is 2.96. The lowest BCUT2D eigenvalue weighted by molar-refractivity contribution is 0.389. The quantitative estimate of drug-likeness (QED) is 0.827. The van der Waals surface area contributed by atoms with Gasteiger partial charge in [-0.05, 0) is 37.2 Å². The maximum Gasteiger partial charge on any atom is 0.126 e. The van der Waals surface area contributed by atoms with Crippen LogP contribution in [-0.2, 0) is 18.4 Å². The summed E-state index contributed by atoms with van der Waals surface area (Å²) in [6, 6.07) is 4.48. The van der Waals surface area contributed by atoms with Crippen molar-refractivity contribution in [3.8, 4) is 5.75 Å². The fourth-order valence-corrected chi connectivity index (χ4v) is 2.96. The summed E-state index contributed by atoms with van der Waals surface area (Å²) in [6.07, 6.45) is 2.90. The summed E-state index contributed by atoms with van der Waals surface area (Å²) in [4.78, 5) is 0. The maximum atomic E-state index is 5.80. The lowest BCUT2D eigenvalue weighted by atomic mass is 9.81. The Kier molecular flexibility index (Phi) is 5.12. The van der Waals surface area contributed by atoms with E-state index in [0.29, 0.717) is 5.92 Å². The molecule has 1 aromatic heterocycles. The normalized spacial score (nSPS) is 13.2. The first-order valence-corrected chi connectivity index (χ1v) is 8.34. The van der Waals surface area contributed by atoms with E-state index in [-0.39, 0.29) is 5.41 Å². The third-order valence-electron chi connectivity index (χ3n) is 4.23. The summed E-state index contributed by atoms with van der Waals surface area (Å²) in [5, 5.41) is 8.41. The molecule has 1 heterocycles. The van der Waals surface area contributed by atoms with Gasteiger partial charge in [0.05, 0.1) is 12.8 Å². The topological polar surface area (TPSA) is 39.9 Å². The SMILES string of the molecule is CCn1cc(CC(C)c2cc(C)cc(C(C)(C)C)c2OC)nn1. The molecule has 0 saturated heterocycles. The van der Waals surface area contributed by atoms with E-state index >= 15 is 0 Å². The van der Waals surface area contributed by atoms with Gasteiger partial charge in [-0.3, -0.25) is 4.68 Å². The van der Waals surface area contributed by atoms with Crippen LogP contribution in [-0.4, -0.2) is 22.1 Å². The molecular formula is C19H29N3O. The summed E-state index contributed by atoms with van der Waals surface area (Å²) in [5.41, 5.74) is 4.87. The first-order chi connectivity index (χ1) is 10.8. The third-order valence-corrected chi connectivity index (χ3v) is 4.23. The van der Waals surface area contributed by atoms with Crippen molar-refractivity contribution >= 4 is 0 Å². The lowest BCUT2D eigenvalue weighted by Gasteiger charge is -2.26. The smallest absolute Gasteiger partial charge is 0.126 e. The van der Waals surface area contributed by atoms with Crippen molar-refractivity contribution in [1.82, 2.24) is 15.0 Å². The Bertz CT molecular complexity index is 668. The van der Waals surface area contributed by atoms with E-state index < -0.39 is 0 Å². The van der Waals surface area contributed by atoms with E-state index in [2.05, 4.69) is 64.0 Å². The van der Waals surface area contributed by atoms with Crippen LogP contribution in [0.5, 0.6) is 5.75 Å². The van der Waals surface area contributed by atoms with Crippen molar-refractivity contribution in [3.05, 3.63) is 40.7 Å². The number of ether oxygens (including phenoxy) is 1. The van der Waals surface area contributed by atoms with Gasteiger partial charge in [-0.15, -0.1) is 5.10 Å². The van der Waals surface area contributed by atoms with Crippen molar-refractivity contribution in [2.24, 2.45) is 0 Å². The Morgan fingerprint density at radius 1 is 1.26 bits per heavy atom. The molecule has 4 nitrogen and oxygen atoms in total. The molecule has 126 valence electrons. The van der Waals surface area contributed by atoms with Crippen LogP contribution >= 0.6 is 0 Å². The minimum absolute atomic E-state index is 0.0528. The zero-order valence-electron chi connectivity index (χ0n) is 15.5. The van der Waals surface area contributed by atoms with E-state index in [9.17, 15) is 0 Å².